The lowest BCUT2D eigenvalue weighted by Gasteiger charge is -2.21. The van der Waals surface area contributed by atoms with Gasteiger partial charge >= 0.3 is 5.97 Å². The van der Waals surface area contributed by atoms with Crippen LogP contribution in [-0.4, -0.2) is 37.2 Å². The summed E-state index contributed by atoms with van der Waals surface area (Å²) in [7, 11) is 1.29. The average Bonchev–Trinajstić information content (AvgIpc) is 3.31. The predicted molar refractivity (Wildman–Crippen MR) is 90.6 cm³/mol. The zero-order valence-corrected chi connectivity index (χ0v) is 14.1. The zero-order valence-electron chi connectivity index (χ0n) is 13.3. The van der Waals surface area contributed by atoms with Crippen molar-refractivity contribution in [3.63, 3.8) is 0 Å². The van der Waals surface area contributed by atoms with Crippen molar-refractivity contribution in [3.8, 4) is 0 Å². The van der Waals surface area contributed by atoms with Crippen LogP contribution in [0.4, 0.5) is 10.7 Å². The molecule has 1 aliphatic carbocycles. The van der Waals surface area contributed by atoms with Crippen molar-refractivity contribution in [3.05, 3.63) is 41.5 Å². The molecule has 7 heteroatoms. The number of rotatable bonds is 7. The Labute approximate surface area is 144 Å². The van der Waals surface area contributed by atoms with Crippen LogP contribution in [0.15, 0.2) is 35.8 Å². The number of hydrogen-bond donors (Lipinski definition) is 0. The van der Waals surface area contributed by atoms with Gasteiger partial charge in [0, 0.05) is 5.69 Å². The first-order chi connectivity index (χ1) is 11.7. The quantitative estimate of drug-likeness (QED) is 0.721. The molecule has 1 aromatic heterocycles. The molecule has 1 heterocycles. The molecule has 0 bridgehead atoms. The van der Waals surface area contributed by atoms with E-state index in [9.17, 15) is 9.59 Å². The number of methoxy groups -OCH3 is 1. The van der Waals surface area contributed by atoms with Crippen molar-refractivity contribution in [1.82, 2.24) is 4.98 Å². The fourth-order valence-corrected chi connectivity index (χ4v) is 3.07. The highest BCUT2D eigenvalue weighted by molar-refractivity contribution is 7.14. The second kappa shape index (κ2) is 7.55. The van der Waals surface area contributed by atoms with Gasteiger partial charge in [0.05, 0.1) is 19.2 Å². The highest BCUT2D eigenvalue weighted by Gasteiger charge is 2.27. The van der Waals surface area contributed by atoms with Crippen molar-refractivity contribution < 1.29 is 19.1 Å². The third-order valence-electron chi connectivity index (χ3n) is 3.67. The molecule has 3 rings (SSSR count). The fraction of sp³-hybridized carbons (Fsp3) is 0.353. The van der Waals surface area contributed by atoms with Crippen LogP contribution in [-0.2, 0) is 14.3 Å². The number of anilines is 2. The lowest BCUT2D eigenvalue weighted by Crippen LogP contribution is -2.30. The number of thiazole rings is 1. The van der Waals surface area contributed by atoms with Crippen LogP contribution >= 0.6 is 11.3 Å². The van der Waals surface area contributed by atoms with E-state index in [1.54, 1.807) is 12.1 Å². The van der Waals surface area contributed by atoms with Gasteiger partial charge in [0.15, 0.2) is 5.69 Å². The molecule has 0 unspecified atom stereocenters. The lowest BCUT2D eigenvalue weighted by molar-refractivity contribution is -0.122. The van der Waals surface area contributed by atoms with Gasteiger partial charge in [-0.1, -0.05) is 18.2 Å². The van der Waals surface area contributed by atoms with Gasteiger partial charge in [-0.2, -0.15) is 0 Å². The maximum absolute atomic E-state index is 12.7. The molecule has 0 atom stereocenters. The van der Waals surface area contributed by atoms with Crippen molar-refractivity contribution >= 4 is 33.9 Å². The van der Waals surface area contributed by atoms with Gasteiger partial charge in [0.25, 0.3) is 5.91 Å². The van der Waals surface area contributed by atoms with Crippen LogP contribution in [0.1, 0.15) is 23.3 Å². The van der Waals surface area contributed by atoms with E-state index in [0.29, 0.717) is 23.2 Å². The van der Waals surface area contributed by atoms with E-state index in [1.807, 2.05) is 18.2 Å². The number of hydrogen-bond acceptors (Lipinski definition) is 6. The summed E-state index contributed by atoms with van der Waals surface area (Å²) >= 11 is 1.21. The van der Waals surface area contributed by atoms with Gasteiger partial charge in [-0.25, -0.2) is 9.78 Å². The van der Waals surface area contributed by atoms with E-state index in [0.717, 1.165) is 12.8 Å². The molecular formula is C17H18N2O4S. The molecule has 2 aromatic rings. The molecule has 1 aliphatic rings. The van der Waals surface area contributed by atoms with Crippen LogP contribution in [0.2, 0.25) is 0 Å². The molecule has 0 N–H and O–H groups in total. The Morgan fingerprint density at radius 2 is 2.04 bits per heavy atom. The maximum atomic E-state index is 12.7. The number of para-hydroxylation sites is 1. The first-order valence-electron chi connectivity index (χ1n) is 7.68. The normalized spacial score (nSPS) is 13.5. The Balaban J connectivity index is 1.86. The highest BCUT2D eigenvalue weighted by atomic mass is 32.1. The molecule has 1 saturated carbocycles. The summed E-state index contributed by atoms with van der Waals surface area (Å²) in [5, 5.41) is 0.438. The van der Waals surface area contributed by atoms with Crippen LogP contribution in [0.5, 0.6) is 0 Å². The van der Waals surface area contributed by atoms with Crippen molar-refractivity contribution in [2.24, 2.45) is 5.92 Å². The van der Waals surface area contributed by atoms with Crippen molar-refractivity contribution in [1.29, 1.82) is 0 Å². The Hall–Kier alpha value is -2.25. The van der Waals surface area contributed by atoms with Crippen LogP contribution in [0.25, 0.3) is 0 Å². The Morgan fingerprint density at radius 3 is 2.71 bits per heavy atom. The molecule has 0 saturated heterocycles. The fourth-order valence-electron chi connectivity index (χ4n) is 2.25. The van der Waals surface area contributed by atoms with Gasteiger partial charge in [0.2, 0.25) is 0 Å². The summed E-state index contributed by atoms with van der Waals surface area (Å²) in [5.74, 6) is -0.229. The molecule has 0 aliphatic heterocycles. The van der Waals surface area contributed by atoms with E-state index >= 15 is 0 Å². The number of benzene rings is 1. The molecule has 6 nitrogen and oxygen atoms in total. The summed E-state index contributed by atoms with van der Waals surface area (Å²) in [6, 6.07) is 9.14. The van der Waals surface area contributed by atoms with E-state index in [-0.39, 0.29) is 18.2 Å². The highest BCUT2D eigenvalue weighted by Crippen LogP contribution is 2.33. The SMILES string of the molecule is COC(=O)c1ncsc1N(C(=O)COCC1CC1)c1ccccc1. The van der Waals surface area contributed by atoms with Gasteiger partial charge in [-0.3, -0.25) is 9.69 Å². The smallest absolute Gasteiger partial charge is 0.359 e. The van der Waals surface area contributed by atoms with Crippen LogP contribution in [0, 0.1) is 5.92 Å². The molecule has 1 fully saturated rings. The number of esters is 1. The molecule has 0 spiro atoms. The first kappa shape index (κ1) is 16.6. The number of amides is 1. The number of carbonyl (C=O) groups is 2. The number of carbonyl (C=O) groups excluding carboxylic acids is 2. The molecular weight excluding hydrogens is 328 g/mol. The summed E-state index contributed by atoms with van der Waals surface area (Å²) < 4.78 is 10.3. The molecule has 24 heavy (non-hydrogen) atoms. The monoisotopic (exact) mass is 346 g/mol. The largest absolute Gasteiger partial charge is 0.464 e. The van der Waals surface area contributed by atoms with Crippen LogP contribution < -0.4 is 4.90 Å². The second-order valence-electron chi connectivity index (χ2n) is 5.52. The molecule has 1 amide bonds. The summed E-state index contributed by atoms with van der Waals surface area (Å²) in [6.45, 7) is 0.560. The van der Waals surface area contributed by atoms with Crippen LogP contribution in [0.3, 0.4) is 0 Å². The summed E-state index contributed by atoms with van der Waals surface area (Å²) in [5.41, 5.74) is 2.31. The maximum Gasteiger partial charge on any atom is 0.359 e. The number of ether oxygens (including phenoxy) is 2. The topological polar surface area (TPSA) is 68.7 Å². The van der Waals surface area contributed by atoms with Crippen molar-refractivity contribution in [2.45, 2.75) is 12.8 Å². The van der Waals surface area contributed by atoms with E-state index in [4.69, 9.17) is 9.47 Å². The van der Waals surface area contributed by atoms with Gasteiger partial charge in [-0.15, -0.1) is 11.3 Å². The first-order valence-corrected chi connectivity index (χ1v) is 8.56. The summed E-state index contributed by atoms with van der Waals surface area (Å²) in [6.07, 6.45) is 2.33. The zero-order chi connectivity index (χ0) is 16.9. The Kier molecular flexibility index (Phi) is 5.22. The van der Waals surface area contributed by atoms with E-state index in [1.165, 1.54) is 28.9 Å². The van der Waals surface area contributed by atoms with Gasteiger partial charge in [0.1, 0.15) is 11.6 Å². The minimum Gasteiger partial charge on any atom is -0.464 e. The van der Waals surface area contributed by atoms with E-state index in [2.05, 4.69) is 4.98 Å². The standard InChI is InChI=1S/C17H18N2O4S/c1-22-17(21)15-16(24-11-18-15)19(13-5-3-2-4-6-13)14(20)10-23-9-12-7-8-12/h2-6,11-12H,7-10H2,1H3. The molecule has 0 radical (unpaired) electrons. The lowest BCUT2D eigenvalue weighted by atomic mass is 10.2. The minimum absolute atomic E-state index is 0.0378. The Bertz CT molecular complexity index is 712. The third-order valence-corrected chi connectivity index (χ3v) is 4.48. The van der Waals surface area contributed by atoms with E-state index < -0.39 is 5.97 Å². The second-order valence-corrected chi connectivity index (χ2v) is 6.35. The summed E-state index contributed by atoms with van der Waals surface area (Å²) in [4.78, 5) is 30.2. The Morgan fingerprint density at radius 1 is 1.29 bits per heavy atom. The molecule has 1 aromatic carbocycles. The van der Waals surface area contributed by atoms with Gasteiger partial charge in [-0.05, 0) is 30.9 Å². The average molecular weight is 346 g/mol. The van der Waals surface area contributed by atoms with Crippen molar-refractivity contribution in [2.75, 3.05) is 25.2 Å². The predicted octanol–water partition coefficient (Wildman–Crippen LogP) is 3.02. The minimum atomic E-state index is -0.570. The number of aromatic nitrogens is 1. The third kappa shape index (κ3) is 3.80. The molecule has 126 valence electrons. The number of nitrogens with zero attached hydrogens (tertiary/aromatic N) is 2. The van der Waals surface area contributed by atoms with Gasteiger partial charge < -0.3 is 9.47 Å².